The van der Waals surface area contributed by atoms with E-state index < -0.39 is 5.60 Å². The van der Waals surface area contributed by atoms with E-state index in [1.54, 1.807) is 0 Å². The average molecular weight is 206 g/mol. The molecule has 1 aromatic rings. The lowest BCUT2D eigenvalue weighted by atomic mass is 9.82. The molecule has 1 N–H and O–H groups in total. The molecule has 1 saturated heterocycles. The van der Waals surface area contributed by atoms with Gasteiger partial charge in [0.25, 0.3) is 0 Å². The highest BCUT2D eigenvalue weighted by Gasteiger charge is 2.35. The van der Waals surface area contributed by atoms with Crippen molar-refractivity contribution in [1.82, 2.24) is 0 Å². The molecule has 0 amide bonds. The maximum absolute atomic E-state index is 10.6. The van der Waals surface area contributed by atoms with Gasteiger partial charge < -0.3 is 9.84 Å². The molecule has 2 heteroatoms. The minimum absolute atomic E-state index is 0.142. The van der Waals surface area contributed by atoms with E-state index in [2.05, 4.69) is 0 Å². The molecule has 82 valence electrons. The van der Waals surface area contributed by atoms with Gasteiger partial charge in [0.05, 0.1) is 18.3 Å². The van der Waals surface area contributed by atoms with Gasteiger partial charge in [-0.15, -0.1) is 0 Å². The highest BCUT2D eigenvalue weighted by Crippen LogP contribution is 2.35. The van der Waals surface area contributed by atoms with Gasteiger partial charge in [-0.2, -0.15) is 0 Å². The molecule has 0 radical (unpaired) electrons. The summed E-state index contributed by atoms with van der Waals surface area (Å²) in [6.07, 6.45) is 1.53. The van der Waals surface area contributed by atoms with Crippen molar-refractivity contribution in [3.8, 4) is 0 Å². The molecule has 0 bridgehead atoms. The lowest BCUT2D eigenvalue weighted by molar-refractivity contribution is -0.102. The van der Waals surface area contributed by atoms with Crippen LogP contribution in [0.5, 0.6) is 0 Å². The number of hydrogen-bond donors (Lipinski definition) is 1. The molecule has 0 aromatic heterocycles. The van der Waals surface area contributed by atoms with E-state index >= 15 is 0 Å². The lowest BCUT2D eigenvalue weighted by Gasteiger charge is -2.36. The van der Waals surface area contributed by atoms with Crippen molar-refractivity contribution in [2.45, 2.75) is 38.4 Å². The van der Waals surface area contributed by atoms with E-state index in [4.69, 9.17) is 4.74 Å². The Morgan fingerprint density at radius 2 is 2.13 bits per heavy atom. The summed E-state index contributed by atoms with van der Waals surface area (Å²) >= 11 is 0. The normalized spacial score (nSPS) is 31.5. The average Bonchev–Trinajstić information content (AvgIpc) is 2.17. The highest BCUT2D eigenvalue weighted by molar-refractivity contribution is 5.31. The third kappa shape index (κ3) is 2.06. The van der Waals surface area contributed by atoms with Gasteiger partial charge in [-0.1, -0.05) is 24.3 Å². The quantitative estimate of drug-likeness (QED) is 0.764. The van der Waals surface area contributed by atoms with Crippen molar-refractivity contribution < 1.29 is 9.84 Å². The van der Waals surface area contributed by atoms with Gasteiger partial charge in [-0.25, -0.2) is 0 Å². The smallest absolute Gasteiger partial charge is 0.0945 e. The Hall–Kier alpha value is -0.860. The Kier molecular flexibility index (Phi) is 2.81. The molecule has 1 aliphatic heterocycles. The standard InChI is InChI=1S/C13H18O2/c1-10-5-3-4-6-12(10)13(14)7-8-15-11(2)9-13/h3-6,11,14H,7-9H2,1-2H3. The molecule has 1 heterocycles. The molecule has 1 fully saturated rings. The number of rotatable bonds is 1. The van der Waals surface area contributed by atoms with Crippen molar-refractivity contribution in [2.75, 3.05) is 6.61 Å². The first kappa shape index (κ1) is 10.7. The van der Waals surface area contributed by atoms with E-state index in [-0.39, 0.29) is 6.10 Å². The number of benzene rings is 1. The third-order valence-electron chi connectivity index (χ3n) is 3.19. The maximum Gasteiger partial charge on any atom is 0.0945 e. The second kappa shape index (κ2) is 3.95. The molecule has 1 aromatic carbocycles. The van der Waals surface area contributed by atoms with Crippen LogP contribution in [0.15, 0.2) is 24.3 Å². The predicted molar refractivity (Wildman–Crippen MR) is 59.7 cm³/mol. The van der Waals surface area contributed by atoms with Gasteiger partial charge in [0.1, 0.15) is 0 Å². The number of ether oxygens (including phenoxy) is 1. The van der Waals surface area contributed by atoms with Crippen molar-refractivity contribution in [3.05, 3.63) is 35.4 Å². The fourth-order valence-corrected chi connectivity index (χ4v) is 2.41. The van der Waals surface area contributed by atoms with Gasteiger partial charge in [0, 0.05) is 12.8 Å². The van der Waals surface area contributed by atoms with Gasteiger partial charge in [0.2, 0.25) is 0 Å². The summed E-state index contributed by atoms with van der Waals surface area (Å²) in [7, 11) is 0. The first-order valence-electron chi connectivity index (χ1n) is 5.52. The number of aryl methyl sites for hydroxylation is 1. The van der Waals surface area contributed by atoms with Crippen LogP contribution in [0.1, 0.15) is 30.9 Å². The van der Waals surface area contributed by atoms with Gasteiger partial charge in [-0.05, 0) is 25.0 Å². The predicted octanol–water partition coefficient (Wildman–Crippen LogP) is 2.38. The minimum atomic E-state index is -0.691. The number of aliphatic hydroxyl groups is 1. The summed E-state index contributed by atoms with van der Waals surface area (Å²) in [5, 5.41) is 10.6. The van der Waals surface area contributed by atoms with Crippen molar-refractivity contribution in [1.29, 1.82) is 0 Å². The molecule has 2 nitrogen and oxygen atoms in total. The summed E-state index contributed by atoms with van der Waals surface area (Å²) < 4.78 is 5.47. The molecule has 2 atom stereocenters. The van der Waals surface area contributed by atoms with E-state index in [9.17, 15) is 5.11 Å². The molecule has 0 saturated carbocycles. The second-order valence-electron chi connectivity index (χ2n) is 4.48. The van der Waals surface area contributed by atoms with Gasteiger partial charge in [-0.3, -0.25) is 0 Å². The van der Waals surface area contributed by atoms with Crippen LogP contribution in [0.3, 0.4) is 0 Å². The Bertz CT molecular complexity index is 348. The SMILES string of the molecule is Cc1ccccc1C1(O)CCOC(C)C1. The van der Waals surface area contributed by atoms with Crippen LogP contribution in [0.25, 0.3) is 0 Å². The monoisotopic (exact) mass is 206 g/mol. The Morgan fingerprint density at radius 3 is 2.80 bits per heavy atom. The maximum atomic E-state index is 10.6. The molecular formula is C13H18O2. The van der Waals surface area contributed by atoms with Gasteiger partial charge >= 0.3 is 0 Å². The van der Waals surface area contributed by atoms with Crippen LogP contribution in [0, 0.1) is 6.92 Å². The Balaban J connectivity index is 2.32. The molecule has 15 heavy (non-hydrogen) atoms. The van der Waals surface area contributed by atoms with Crippen molar-refractivity contribution >= 4 is 0 Å². The minimum Gasteiger partial charge on any atom is -0.385 e. The van der Waals surface area contributed by atoms with E-state index in [0.29, 0.717) is 19.4 Å². The van der Waals surface area contributed by atoms with Crippen LogP contribution in [-0.2, 0) is 10.3 Å². The highest BCUT2D eigenvalue weighted by atomic mass is 16.5. The van der Waals surface area contributed by atoms with Crippen molar-refractivity contribution in [2.24, 2.45) is 0 Å². The molecule has 0 spiro atoms. The summed E-state index contributed by atoms with van der Waals surface area (Å²) in [5.41, 5.74) is 1.53. The first-order chi connectivity index (χ1) is 7.12. The number of hydrogen-bond acceptors (Lipinski definition) is 2. The zero-order valence-electron chi connectivity index (χ0n) is 9.36. The van der Waals surface area contributed by atoms with E-state index in [1.165, 1.54) is 0 Å². The fraction of sp³-hybridized carbons (Fsp3) is 0.538. The molecule has 2 unspecified atom stereocenters. The summed E-state index contributed by atoms with van der Waals surface area (Å²) in [5.74, 6) is 0. The topological polar surface area (TPSA) is 29.5 Å². The first-order valence-corrected chi connectivity index (χ1v) is 5.52. The molecule has 2 rings (SSSR count). The van der Waals surface area contributed by atoms with Crippen LogP contribution < -0.4 is 0 Å². The molecule has 1 aliphatic rings. The third-order valence-corrected chi connectivity index (χ3v) is 3.19. The zero-order chi connectivity index (χ0) is 10.9. The summed E-state index contributed by atoms with van der Waals surface area (Å²) in [6.45, 7) is 4.71. The van der Waals surface area contributed by atoms with E-state index in [1.807, 2.05) is 38.1 Å². The largest absolute Gasteiger partial charge is 0.385 e. The van der Waals surface area contributed by atoms with Crippen molar-refractivity contribution in [3.63, 3.8) is 0 Å². The second-order valence-corrected chi connectivity index (χ2v) is 4.48. The Labute approximate surface area is 90.9 Å². The van der Waals surface area contributed by atoms with Crippen LogP contribution in [-0.4, -0.2) is 17.8 Å². The summed E-state index contributed by atoms with van der Waals surface area (Å²) in [4.78, 5) is 0. The Morgan fingerprint density at radius 1 is 1.40 bits per heavy atom. The fourth-order valence-electron chi connectivity index (χ4n) is 2.41. The van der Waals surface area contributed by atoms with Crippen LogP contribution >= 0.6 is 0 Å². The molecular weight excluding hydrogens is 188 g/mol. The van der Waals surface area contributed by atoms with Crippen LogP contribution in [0.4, 0.5) is 0 Å². The molecule has 0 aliphatic carbocycles. The van der Waals surface area contributed by atoms with Crippen LogP contribution in [0.2, 0.25) is 0 Å². The van der Waals surface area contributed by atoms with Gasteiger partial charge in [0.15, 0.2) is 0 Å². The zero-order valence-corrected chi connectivity index (χ0v) is 9.36. The van der Waals surface area contributed by atoms with E-state index in [0.717, 1.165) is 11.1 Å². The summed E-state index contributed by atoms with van der Waals surface area (Å²) in [6, 6.07) is 8.06. The lowest BCUT2D eigenvalue weighted by Crippen LogP contribution is -2.37.